The number of aliphatic carboxylic acids is 1. The van der Waals surface area contributed by atoms with Crippen LogP contribution in [0.5, 0.6) is 0 Å². The van der Waals surface area contributed by atoms with Gasteiger partial charge in [0.2, 0.25) is 0 Å². The van der Waals surface area contributed by atoms with Crippen LogP contribution in [0.1, 0.15) is 29.8 Å². The van der Waals surface area contributed by atoms with Crippen molar-refractivity contribution >= 4 is 23.2 Å². The normalized spacial score (nSPS) is 16.0. The van der Waals surface area contributed by atoms with Gasteiger partial charge in [0, 0.05) is 10.9 Å². The number of carbonyl (C=O) groups excluding carboxylic acids is 1. The molecule has 2 N–H and O–H groups in total. The number of nitrogens with one attached hydrogen (secondary N) is 1. The summed E-state index contributed by atoms with van der Waals surface area (Å²) in [5.74, 6) is -1.39. The van der Waals surface area contributed by atoms with E-state index in [0.717, 1.165) is 17.0 Å². The summed E-state index contributed by atoms with van der Waals surface area (Å²) in [6.07, 6.45) is 1.77. The van der Waals surface area contributed by atoms with Gasteiger partial charge in [-0.3, -0.25) is 4.79 Å². The van der Waals surface area contributed by atoms with E-state index in [2.05, 4.69) is 10.3 Å². The van der Waals surface area contributed by atoms with Gasteiger partial charge in [0.1, 0.15) is 16.2 Å². The van der Waals surface area contributed by atoms with E-state index in [1.54, 1.807) is 5.38 Å². The molecular formula is C15H14N2O3S. The molecule has 0 spiro atoms. The second-order valence-corrected chi connectivity index (χ2v) is 5.96. The highest BCUT2D eigenvalue weighted by molar-refractivity contribution is 7.13. The van der Waals surface area contributed by atoms with Crippen LogP contribution in [0.2, 0.25) is 0 Å². The second kappa shape index (κ2) is 5.29. The molecule has 0 bridgehead atoms. The van der Waals surface area contributed by atoms with Gasteiger partial charge < -0.3 is 10.4 Å². The summed E-state index contributed by atoms with van der Waals surface area (Å²) in [7, 11) is 0. The van der Waals surface area contributed by atoms with E-state index in [4.69, 9.17) is 0 Å². The Morgan fingerprint density at radius 1 is 1.24 bits per heavy atom. The van der Waals surface area contributed by atoms with E-state index >= 15 is 0 Å². The van der Waals surface area contributed by atoms with Gasteiger partial charge in [-0.25, -0.2) is 9.78 Å². The van der Waals surface area contributed by atoms with Crippen LogP contribution in [0.4, 0.5) is 0 Å². The number of rotatable bonds is 4. The Balaban J connectivity index is 1.77. The molecule has 21 heavy (non-hydrogen) atoms. The molecular weight excluding hydrogens is 288 g/mol. The molecule has 0 aliphatic heterocycles. The van der Waals surface area contributed by atoms with Gasteiger partial charge in [0.05, 0.1) is 0 Å². The largest absolute Gasteiger partial charge is 0.480 e. The number of amides is 1. The van der Waals surface area contributed by atoms with Gasteiger partial charge in [-0.2, -0.15) is 0 Å². The first-order valence-corrected chi connectivity index (χ1v) is 7.56. The molecule has 5 nitrogen and oxygen atoms in total. The van der Waals surface area contributed by atoms with E-state index in [1.807, 2.05) is 30.3 Å². The zero-order valence-electron chi connectivity index (χ0n) is 11.2. The predicted molar refractivity (Wildman–Crippen MR) is 79.2 cm³/mol. The zero-order valence-corrected chi connectivity index (χ0v) is 12.0. The van der Waals surface area contributed by atoms with Gasteiger partial charge in [0.15, 0.2) is 0 Å². The average molecular weight is 302 g/mol. The van der Waals surface area contributed by atoms with Crippen LogP contribution < -0.4 is 5.32 Å². The number of nitrogens with zero attached hydrogens (tertiary/aromatic N) is 1. The highest BCUT2D eigenvalue weighted by atomic mass is 32.1. The average Bonchev–Trinajstić information content (AvgIpc) is 2.93. The number of carboxylic acid groups (broad SMARTS) is 1. The lowest BCUT2D eigenvalue weighted by molar-refractivity contribution is -0.148. The molecule has 1 aromatic carbocycles. The smallest absolute Gasteiger partial charge is 0.329 e. The first-order chi connectivity index (χ1) is 10.1. The maximum Gasteiger partial charge on any atom is 0.329 e. The van der Waals surface area contributed by atoms with Crippen LogP contribution in [0.3, 0.4) is 0 Å². The molecule has 3 rings (SSSR count). The number of benzene rings is 1. The van der Waals surface area contributed by atoms with E-state index in [0.29, 0.717) is 12.8 Å². The first-order valence-electron chi connectivity index (χ1n) is 6.68. The quantitative estimate of drug-likeness (QED) is 0.909. The molecule has 1 saturated carbocycles. The Hall–Kier alpha value is -2.21. The van der Waals surface area contributed by atoms with Crippen LogP contribution in [0.25, 0.3) is 10.6 Å². The third-order valence-electron chi connectivity index (χ3n) is 3.73. The minimum atomic E-state index is -1.10. The van der Waals surface area contributed by atoms with Crippen molar-refractivity contribution < 1.29 is 14.7 Å². The summed E-state index contributed by atoms with van der Waals surface area (Å²) in [6.45, 7) is 0. The van der Waals surface area contributed by atoms with Crippen molar-refractivity contribution in [3.63, 3.8) is 0 Å². The van der Waals surface area contributed by atoms with Crippen LogP contribution >= 0.6 is 11.3 Å². The van der Waals surface area contributed by atoms with Crippen LogP contribution in [0, 0.1) is 0 Å². The predicted octanol–water partition coefficient (Wildman–Crippen LogP) is 2.55. The third kappa shape index (κ3) is 2.54. The third-order valence-corrected chi connectivity index (χ3v) is 4.62. The van der Waals surface area contributed by atoms with Crippen molar-refractivity contribution in [3.8, 4) is 10.6 Å². The van der Waals surface area contributed by atoms with E-state index in [-0.39, 0.29) is 5.69 Å². The summed E-state index contributed by atoms with van der Waals surface area (Å²) in [5, 5.41) is 14.3. The van der Waals surface area contributed by atoms with Gasteiger partial charge in [-0.05, 0) is 19.3 Å². The Bertz CT molecular complexity index is 677. The summed E-state index contributed by atoms with van der Waals surface area (Å²) in [6, 6.07) is 9.57. The molecule has 0 atom stereocenters. The summed E-state index contributed by atoms with van der Waals surface area (Å²) < 4.78 is 0. The molecule has 1 aromatic heterocycles. The van der Waals surface area contributed by atoms with Crippen molar-refractivity contribution in [2.45, 2.75) is 24.8 Å². The molecule has 1 aliphatic rings. The molecule has 0 saturated heterocycles. The van der Waals surface area contributed by atoms with Crippen molar-refractivity contribution in [2.24, 2.45) is 0 Å². The van der Waals surface area contributed by atoms with Crippen molar-refractivity contribution in [3.05, 3.63) is 41.4 Å². The summed E-state index contributed by atoms with van der Waals surface area (Å²) in [4.78, 5) is 27.7. The fraction of sp³-hybridized carbons (Fsp3) is 0.267. The molecule has 1 heterocycles. The number of hydrogen-bond acceptors (Lipinski definition) is 4. The fourth-order valence-electron chi connectivity index (χ4n) is 2.30. The minimum Gasteiger partial charge on any atom is -0.480 e. The molecule has 0 radical (unpaired) electrons. The molecule has 2 aromatic rings. The van der Waals surface area contributed by atoms with E-state index < -0.39 is 17.4 Å². The summed E-state index contributed by atoms with van der Waals surface area (Å²) in [5.41, 5.74) is 0.109. The monoisotopic (exact) mass is 302 g/mol. The lowest BCUT2D eigenvalue weighted by atomic mass is 9.76. The van der Waals surface area contributed by atoms with Crippen LogP contribution in [-0.4, -0.2) is 27.5 Å². The van der Waals surface area contributed by atoms with Gasteiger partial charge >= 0.3 is 5.97 Å². The maximum atomic E-state index is 12.2. The number of aromatic nitrogens is 1. The molecule has 1 amide bonds. The Morgan fingerprint density at radius 2 is 1.95 bits per heavy atom. The SMILES string of the molecule is O=C(NC1(C(=O)O)CCC1)c1csc(-c2ccccc2)n1. The Morgan fingerprint density at radius 3 is 2.52 bits per heavy atom. The number of carboxylic acids is 1. The maximum absolute atomic E-state index is 12.2. The Labute approximate surface area is 125 Å². The Kier molecular flexibility index (Phi) is 3.47. The minimum absolute atomic E-state index is 0.270. The van der Waals surface area contributed by atoms with Gasteiger partial charge in [-0.1, -0.05) is 30.3 Å². The van der Waals surface area contributed by atoms with E-state index in [1.165, 1.54) is 11.3 Å². The lowest BCUT2D eigenvalue weighted by Crippen LogP contribution is -2.59. The van der Waals surface area contributed by atoms with Crippen LogP contribution in [0.15, 0.2) is 35.7 Å². The lowest BCUT2D eigenvalue weighted by Gasteiger charge is -2.37. The first kappa shape index (κ1) is 13.8. The zero-order chi connectivity index (χ0) is 14.9. The van der Waals surface area contributed by atoms with Crippen molar-refractivity contribution in [1.82, 2.24) is 10.3 Å². The molecule has 108 valence electrons. The van der Waals surface area contributed by atoms with Gasteiger partial charge in [0.25, 0.3) is 5.91 Å². The highest BCUT2D eigenvalue weighted by Gasteiger charge is 2.46. The highest BCUT2D eigenvalue weighted by Crippen LogP contribution is 2.32. The topological polar surface area (TPSA) is 79.3 Å². The summed E-state index contributed by atoms with van der Waals surface area (Å²) >= 11 is 1.37. The molecule has 6 heteroatoms. The molecule has 1 aliphatic carbocycles. The molecule has 0 unspecified atom stereocenters. The van der Waals surface area contributed by atoms with Crippen LogP contribution in [-0.2, 0) is 4.79 Å². The molecule has 1 fully saturated rings. The standard InChI is InChI=1S/C15H14N2O3S/c18-12(17-15(14(19)20)7-4-8-15)11-9-21-13(16-11)10-5-2-1-3-6-10/h1-3,5-6,9H,4,7-8H2,(H,17,18)(H,19,20). The number of carbonyl (C=O) groups is 2. The van der Waals surface area contributed by atoms with Crippen molar-refractivity contribution in [2.75, 3.05) is 0 Å². The number of thiazole rings is 1. The second-order valence-electron chi connectivity index (χ2n) is 5.10. The van der Waals surface area contributed by atoms with Crippen molar-refractivity contribution in [1.29, 1.82) is 0 Å². The van der Waals surface area contributed by atoms with Gasteiger partial charge in [-0.15, -0.1) is 11.3 Å². The fourth-order valence-corrected chi connectivity index (χ4v) is 3.10. The van der Waals surface area contributed by atoms with E-state index in [9.17, 15) is 14.7 Å². The number of hydrogen-bond donors (Lipinski definition) is 2.